The number of piperazine rings is 1. The van der Waals surface area contributed by atoms with Crippen molar-refractivity contribution in [1.29, 1.82) is 0 Å². The Bertz CT molecular complexity index is 817. The van der Waals surface area contributed by atoms with Gasteiger partial charge in [-0.2, -0.15) is 0 Å². The molecule has 1 fully saturated rings. The summed E-state index contributed by atoms with van der Waals surface area (Å²) in [4.78, 5) is 27.0. The minimum atomic E-state index is -0.525. The first-order valence-corrected chi connectivity index (χ1v) is 8.38. The summed E-state index contributed by atoms with van der Waals surface area (Å²) in [6.45, 7) is 4.56. The van der Waals surface area contributed by atoms with E-state index in [0.29, 0.717) is 26.2 Å². The average Bonchev–Trinajstić information content (AvgIpc) is 2.61. The summed E-state index contributed by atoms with van der Waals surface area (Å²) in [5.41, 5.74) is 2.38. The summed E-state index contributed by atoms with van der Waals surface area (Å²) in [6.07, 6.45) is 0. The minimum Gasteiger partial charge on any atom is -0.368 e. The number of halogens is 1. The van der Waals surface area contributed by atoms with E-state index in [1.54, 1.807) is 4.90 Å². The van der Waals surface area contributed by atoms with E-state index in [0.717, 1.165) is 5.69 Å². The molecule has 0 unspecified atom stereocenters. The second-order valence-electron chi connectivity index (χ2n) is 6.04. The van der Waals surface area contributed by atoms with Crippen molar-refractivity contribution in [3.8, 4) is 0 Å². The molecule has 0 saturated carbocycles. The third-order valence-electron chi connectivity index (χ3n) is 4.32. The van der Waals surface area contributed by atoms with Crippen LogP contribution in [0.3, 0.4) is 0 Å². The number of aryl methyl sites for hydroxylation is 1. The molecule has 0 N–H and O–H groups in total. The topological polar surface area (TPSA) is 66.7 Å². The number of nitro groups is 1. The fourth-order valence-corrected chi connectivity index (χ4v) is 3.15. The van der Waals surface area contributed by atoms with Crippen molar-refractivity contribution in [2.45, 2.75) is 6.92 Å². The number of anilines is 1. The smallest absolute Gasteiger partial charge is 0.270 e. The first-order chi connectivity index (χ1) is 12.0. The fraction of sp³-hybridized carbons (Fsp3) is 0.278. The Labute approximate surface area is 150 Å². The maximum atomic E-state index is 12.7. The Hall–Kier alpha value is -2.60. The Morgan fingerprint density at radius 2 is 1.84 bits per heavy atom. The van der Waals surface area contributed by atoms with Gasteiger partial charge in [-0.25, -0.2) is 0 Å². The molecule has 0 radical (unpaired) electrons. The molecule has 0 aliphatic carbocycles. The van der Waals surface area contributed by atoms with Crippen LogP contribution in [0.4, 0.5) is 11.4 Å². The fourth-order valence-electron chi connectivity index (χ4n) is 2.95. The lowest BCUT2D eigenvalue weighted by molar-refractivity contribution is -0.384. The number of non-ortho nitro benzene ring substituents is 1. The van der Waals surface area contributed by atoms with Gasteiger partial charge in [0.1, 0.15) is 0 Å². The third kappa shape index (κ3) is 3.74. The van der Waals surface area contributed by atoms with Gasteiger partial charge >= 0.3 is 0 Å². The lowest BCUT2D eigenvalue weighted by Gasteiger charge is -2.36. The normalized spacial score (nSPS) is 14.5. The van der Waals surface area contributed by atoms with E-state index in [1.165, 1.54) is 23.8 Å². The lowest BCUT2D eigenvalue weighted by Crippen LogP contribution is -2.48. The number of carbonyl (C=O) groups excluding carboxylic acids is 1. The van der Waals surface area contributed by atoms with Crippen molar-refractivity contribution in [2.24, 2.45) is 0 Å². The predicted molar refractivity (Wildman–Crippen MR) is 97.4 cm³/mol. The number of hydrogen-bond donors (Lipinski definition) is 0. The number of nitrogens with zero attached hydrogens (tertiary/aromatic N) is 3. The Balaban J connectivity index is 1.72. The molecule has 1 amide bonds. The highest BCUT2D eigenvalue weighted by atomic mass is 35.5. The second-order valence-corrected chi connectivity index (χ2v) is 6.45. The maximum absolute atomic E-state index is 12.7. The van der Waals surface area contributed by atoms with Crippen LogP contribution >= 0.6 is 11.6 Å². The van der Waals surface area contributed by atoms with Crippen molar-refractivity contribution >= 4 is 28.9 Å². The molecule has 6 nitrogen and oxygen atoms in total. The van der Waals surface area contributed by atoms with Crippen LogP contribution in [0, 0.1) is 17.0 Å². The van der Waals surface area contributed by atoms with Gasteiger partial charge in [0, 0.05) is 44.0 Å². The molecule has 1 saturated heterocycles. The average molecular weight is 360 g/mol. The number of benzene rings is 2. The molecule has 2 aromatic rings. The summed E-state index contributed by atoms with van der Waals surface area (Å²) < 4.78 is 0. The molecule has 130 valence electrons. The number of carbonyl (C=O) groups is 1. The van der Waals surface area contributed by atoms with Crippen molar-refractivity contribution in [3.63, 3.8) is 0 Å². The molecule has 25 heavy (non-hydrogen) atoms. The summed E-state index contributed by atoms with van der Waals surface area (Å²) in [5.74, 6) is -0.266. The standard InChI is InChI=1S/C18H18ClN3O3/c1-13-3-2-4-14(11-13)20-7-9-21(10-8-20)18(23)16-12-15(22(24)25)5-6-17(16)19/h2-6,11-12H,7-10H2,1H3. The van der Waals surface area contributed by atoms with E-state index >= 15 is 0 Å². The number of hydrogen-bond acceptors (Lipinski definition) is 4. The molecule has 0 aromatic heterocycles. The number of amides is 1. The molecule has 3 rings (SSSR count). The molecular weight excluding hydrogens is 342 g/mol. The quantitative estimate of drug-likeness (QED) is 0.621. The van der Waals surface area contributed by atoms with Crippen LogP contribution in [0.25, 0.3) is 0 Å². The second kappa shape index (κ2) is 7.11. The third-order valence-corrected chi connectivity index (χ3v) is 4.65. The molecule has 1 heterocycles. The first kappa shape index (κ1) is 17.2. The van der Waals surface area contributed by atoms with E-state index in [2.05, 4.69) is 17.0 Å². The van der Waals surface area contributed by atoms with Crippen LogP contribution < -0.4 is 4.90 Å². The zero-order chi connectivity index (χ0) is 18.0. The Morgan fingerprint density at radius 1 is 1.12 bits per heavy atom. The van der Waals surface area contributed by atoms with Crippen molar-refractivity contribution in [1.82, 2.24) is 4.90 Å². The van der Waals surface area contributed by atoms with E-state index in [1.807, 2.05) is 19.1 Å². The van der Waals surface area contributed by atoms with Crippen LogP contribution in [-0.2, 0) is 0 Å². The minimum absolute atomic E-state index is 0.133. The van der Waals surface area contributed by atoms with Gasteiger partial charge in [0.05, 0.1) is 15.5 Å². The summed E-state index contributed by atoms with van der Waals surface area (Å²) in [5, 5.41) is 11.2. The highest BCUT2D eigenvalue weighted by molar-refractivity contribution is 6.33. The molecule has 0 bridgehead atoms. The van der Waals surface area contributed by atoms with Gasteiger partial charge in [0.25, 0.3) is 11.6 Å². The predicted octanol–water partition coefficient (Wildman–Crippen LogP) is 3.52. The Morgan fingerprint density at radius 3 is 2.48 bits per heavy atom. The van der Waals surface area contributed by atoms with Gasteiger partial charge in [0.2, 0.25) is 0 Å². The molecule has 1 aliphatic heterocycles. The van der Waals surface area contributed by atoms with Crippen molar-refractivity contribution in [2.75, 3.05) is 31.1 Å². The summed E-state index contributed by atoms with van der Waals surface area (Å²) in [6, 6.07) is 12.2. The van der Waals surface area contributed by atoms with Gasteiger partial charge in [0.15, 0.2) is 0 Å². The summed E-state index contributed by atoms with van der Waals surface area (Å²) >= 11 is 6.08. The largest absolute Gasteiger partial charge is 0.368 e. The van der Waals surface area contributed by atoms with E-state index in [4.69, 9.17) is 11.6 Å². The Kier molecular flexibility index (Phi) is 4.90. The van der Waals surface area contributed by atoms with Crippen LogP contribution in [0.5, 0.6) is 0 Å². The highest BCUT2D eigenvalue weighted by Crippen LogP contribution is 2.25. The molecule has 7 heteroatoms. The van der Waals surface area contributed by atoms with Crippen LogP contribution in [0.15, 0.2) is 42.5 Å². The lowest BCUT2D eigenvalue weighted by atomic mass is 10.1. The van der Waals surface area contributed by atoms with E-state index < -0.39 is 4.92 Å². The first-order valence-electron chi connectivity index (χ1n) is 8.00. The zero-order valence-electron chi connectivity index (χ0n) is 13.8. The van der Waals surface area contributed by atoms with Gasteiger partial charge in [-0.15, -0.1) is 0 Å². The van der Waals surface area contributed by atoms with Crippen molar-refractivity contribution in [3.05, 3.63) is 68.7 Å². The molecular formula is C18H18ClN3O3. The van der Waals surface area contributed by atoms with E-state index in [9.17, 15) is 14.9 Å². The molecule has 1 aliphatic rings. The SMILES string of the molecule is Cc1cccc(N2CCN(C(=O)c3cc([N+](=O)[O-])ccc3Cl)CC2)c1. The van der Waals surface area contributed by atoms with Crippen LogP contribution in [0.1, 0.15) is 15.9 Å². The number of rotatable bonds is 3. The molecule has 0 spiro atoms. The van der Waals surface area contributed by atoms with Crippen molar-refractivity contribution < 1.29 is 9.72 Å². The van der Waals surface area contributed by atoms with Gasteiger partial charge < -0.3 is 9.80 Å². The highest BCUT2D eigenvalue weighted by Gasteiger charge is 2.25. The van der Waals surface area contributed by atoms with Gasteiger partial charge in [-0.05, 0) is 30.7 Å². The van der Waals surface area contributed by atoms with Crippen LogP contribution in [0.2, 0.25) is 5.02 Å². The van der Waals surface area contributed by atoms with Gasteiger partial charge in [-0.1, -0.05) is 23.7 Å². The number of nitro benzene ring substituents is 1. The van der Waals surface area contributed by atoms with Crippen LogP contribution in [-0.4, -0.2) is 41.9 Å². The maximum Gasteiger partial charge on any atom is 0.270 e. The summed E-state index contributed by atoms with van der Waals surface area (Å²) in [7, 11) is 0. The molecule has 0 atom stereocenters. The zero-order valence-corrected chi connectivity index (χ0v) is 14.6. The molecule has 2 aromatic carbocycles. The van der Waals surface area contributed by atoms with Gasteiger partial charge in [-0.3, -0.25) is 14.9 Å². The van der Waals surface area contributed by atoms with E-state index in [-0.39, 0.29) is 22.2 Å². The monoisotopic (exact) mass is 359 g/mol.